The molecule has 0 aromatic carbocycles. The molecule has 1 rings (SSSR count). The van der Waals surface area contributed by atoms with Crippen molar-refractivity contribution in [2.45, 2.75) is 31.3 Å². The van der Waals surface area contributed by atoms with Crippen molar-refractivity contribution in [3.8, 4) is 0 Å². The lowest BCUT2D eigenvalue weighted by atomic mass is 10.0. The van der Waals surface area contributed by atoms with Crippen LogP contribution in [0.3, 0.4) is 0 Å². The molecule has 1 heterocycles. The molecule has 0 aromatic heterocycles. The van der Waals surface area contributed by atoms with Gasteiger partial charge in [0.15, 0.2) is 5.78 Å². The minimum absolute atomic E-state index is 0.0455. The monoisotopic (exact) mass is 176 g/mol. The Balaban J connectivity index is 2.59. The number of hydrogen-bond acceptors (Lipinski definition) is 5. The van der Waals surface area contributed by atoms with Crippen molar-refractivity contribution in [1.82, 2.24) is 0 Å². The van der Waals surface area contributed by atoms with Crippen LogP contribution in [-0.2, 0) is 9.53 Å². The Labute approximate surface area is 69.6 Å². The lowest BCUT2D eigenvalue weighted by Gasteiger charge is -2.18. The predicted octanol–water partition coefficient (Wildman–Crippen LogP) is -1.94. The summed E-state index contributed by atoms with van der Waals surface area (Å²) in [5, 5.41) is 27.4. The van der Waals surface area contributed by atoms with Gasteiger partial charge in [-0.25, -0.2) is 0 Å². The van der Waals surface area contributed by atoms with Gasteiger partial charge in [-0.3, -0.25) is 4.79 Å². The first-order chi connectivity index (χ1) is 5.54. The summed E-state index contributed by atoms with van der Waals surface area (Å²) in [6.45, 7) is 1.15. The Morgan fingerprint density at radius 3 is 2.50 bits per heavy atom. The lowest BCUT2D eigenvalue weighted by molar-refractivity contribution is -0.135. The molecule has 0 unspecified atom stereocenters. The predicted molar refractivity (Wildman–Crippen MR) is 38.4 cm³/mol. The zero-order valence-electron chi connectivity index (χ0n) is 6.67. The van der Waals surface area contributed by atoms with E-state index < -0.39 is 30.2 Å². The van der Waals surface area contributed by atoms with Gasteiger partial charge in [-0.05, 0) is 6.92 Å². The highest BCUT2D eigenvalue weighted by molar-refractivity contribution is 5.80. The van der Waals surface area contributed by atoms with Crippen molar-refractivity contribution in [2.24, 2.45) is 0 Å². The largest absolute Gasteiger partial charge is 0.388 e. The van der Waals surface area contributed by atoms with Gasteiger partial charge >= 0.3 is 0 Å². The number of carbonyl (C=O) groups is 1. The van der Waals surface area contributed by atoms with Crippen molar-refractivity contribution in [3.63, 3.8) is 0 Å². The highest BCUT2D eigenvalue weighted by Crippen LogP contribution is 2.17. The van der Waals surface area contributed by atoms with Gasteiger partial charge in [0.05, 0.1) is 6.61 Å². The molecule has 0 bridgehead atoms. The van der Waals surface area contributed by atoms with Gasteiger partial charge in [0.1, 0.15) is 24.4 Å². The zero-order valence-corrected chi connectivity index (χ0v) is 6.67. The van der Waals surface area contributed by atoms with Crippen molar-refractivity contribution >= 4 is 5.78 Å². The third-order valence-electron chi connectivity index (χ3n) is 1.92. The van der Waals surface area contributed by atoms with Crippen LogP contribution in [0.25, 0.3) is 0 Å². The van der Waals surface area contributed by atoms with Crippen molar-refractivity contribution in [1.29, 1.82) is 0 Å². The summed E-state index contributed by atoms with van der Waals surface area (Å²) in [5.41, 5.74) is 0. The van der Waals surface area contributed by atoms with Crippen LogP contribution in [0.1, 0.15) is 6.92 Å². The molecule has 5 heteroatoms. The molecule has 70 valence electrons. The number of hydrogen-bond donors (Lipinski definition) is 3. The maximum absolute atomic E-state index is 10.7. The highest BCUT2D eigenvalue weighted by atomic mass is 16.5. The second-order valence-corrected chi connectivity index (χ2v) is 2.91. The standard InChI is InChI=1S/C7H12O5/c1-3(8)5(10)7-6(11)4(9)2-12-7/h4-7,9-11H,2H2,1H3/t4-,5+,6+,7-/m1/s1. The SMILES string of the molecule is CC(=O)[C@H](O)[C@H]1OC[C@@H](O)[C@@H]1O. The topological polar surface area (TPSA) is 87.0 Å². The second-order valence-electron chi connectivity index (χ2n) is 2.91. The molecule has 3 N–H and O–H groups in total. The van der Waals surface area contributed by atoms with E-state index in [0.29, 0.717) is 0 Å². The summed E-state index contributed by atoms with van der Waals surface area (Å²) in [4.78, 5) is 10.7. The van der Waals surface area contributed by atoms with E-state index in [1.165, 1.54) is 6.92 Å². The van der Waals surface area contributed by atoms with Crippen molar-refractivity contribution in [2.75, 3.05) is 6.61 Å². The van der Waals surface area contributed by atoms with Gasteiger partial charge in [-0.1, -0.05) is 0 Å². The van der Waals surface area contributed by atoms with Crippen LogP contribution in [0.15, 0.2) is 0 Å². The minimum atomic E-state index is -1.35. The van der Waals surface area contributed by atoms with E-state index >= 15 is 0 Å². The van der Waals surface area contributed by atoms with E-state index in [-0.39, 0.29) is 6.61 Å². The Kier molecular flexibility index (Phi) is 2.79. The molecule has 1 aliphatic heterocycles. The first kappa shape index (κ1) is 9.60. The number of aliphatic hydroxyl groups is 3. The van der Waals surface area contributed by atoms with Crippen molar-refractivity contribution in [3.05, 3.63) is 0 Å². The number of ketones is 1. The van der Waals surface area contributed by atoms with Crippen LogP contribution in [0, 0.1) is 0 Å². The molecular weight excluding hydrogens is 164 g/mol. The summed E-state index contributed by atoms with van der Waals surface area (Å²) in [5.74, 6) is -0.479. The molecule has 1 aliphatic rings. The van der Waals surface area contributed by atoms with Crippen LogP contribution in [0.2, 0.25) is 0 Å². The second kappa shape index (κ2) is 3.49. The smallest absolute Gasteiger partial charge is 0.160 e. The molecule has 12 heavy (non-hydrogen) atoms. The van der Waals surface area contributed by atoms with E-state index in [2.05, 4.69) is 0 Å². The van der Waals surface area contributed by atoms with E-state index in [0.717, 1.165) is 0 Å². The third kappa shape index (κ3) is 1.64. The first-order valence-electron chi connectivity index (χ1n) is 3.70. The molecule has 0 aromatic rings. The Hall–Kier alpha value is -0.490. The van der Waals surface area contributed by atoms with Crippen LogP contribution in [0.5, 0.6) is 0 Å². The van der Waals surface area contributed by atoms with Gasteiger partial charge in [0.25, 0.3) is 0 Å². The fourth-order valence-corrected chi connectivity index (χ4v) is 1.14. The number of Topliss-reactive ketones (excluding diaryl/α,β-unsaturated/α-hetero) is 1. The van der Waals surface area contributed by atoms with Crippen LogP contribution in [-0.4, -0.2) is 52.1 Å². The molecule has 0 spiro atoms. The summed E-state index contributed by atoms with van der Waals surface area (Å²) in [6, 6.07) is 0. The minimum Gasteiger partial charge on any atom is -0.388 e. The molecular formula is C7H12O5. The summed E-state index contributed by atoms with van der Waals surface area (Å²) < 4.78 is 4.83. The van der Waals surface area contributed by atoms with E-state index in [4.69, 9.17) is 14.9 Å². The normalized spacial score (nSPS) is 38.2. The molecule has 0 amide bonds. The first-order valence-corrected chi connectivity index (χ1v) is 3.70. The van der Waals surface area contributed by atoms with E-state index in [1.54, 1.807) is 0 Å². The van der Waals surface area contributed by atoms with Crippen LogP contribution in [0.4, 0.5) is 0 Å². The molecule has 1 saturated heterocycles. The Bertz CT molecular complexity index is 181. The van der Waals surface area contributed by atoms with E-state index in [1.807, 2.05) is 0 Å². The molecule has 0 radical (unpaired) electrons. The quantitative estimate of drug-likeness (QED) is 0.455. The van der Waals surface area contributed by atoms with Gasteiger partial charge in [-0.2, -0.15) is 0 Å². The van der Waals surface area contributed by atoms with Crippen LogP contribution >= 0.6 is 0 Å². The van der Waals surface area contributed by atoms with Gasteiger partial charge in [-0.15, -0.1) is 0 Å². The maximum atomic E-state index is 10.7. The average molecular weight is 176 g/mol. The molecule has 1 fully saturated rings. The number of rotatable bonds is 2. The summed E-state index contributed by atoms with van der Waals surface area (Å²) >= 11 is 0. The average Bonchev–Trinajstić information content (AvgIpc) is 2.32. The Morgan fingerprint density at radius 1 is 1.58 bits per heavy atom. The molecule has 5 nitrogen and oxygen atoms in total. The van der Waals surface area contributed by atoms with Gasteiger partial charge in [0, 0.05) is 0 Å². The zero-order chi connectivity index (χ0) is 9.30. The third-order valence-corrected chi connectivity index (χ3v) is 1.92. The number of aliphatic hydroxyl groups excluding tert-OH is 3. The summed E-state index contributed by atoms with van der Waals surface area (Å²) in [6.07, 6.45) is -4.53. The van der Waals surface area contributed by atoms with E-state index in [9.17, 15) is 9.90 Å². The van der Waals surface area contributed by atoms with Gasteiger partial charge in [0.2, 0.25) is 0 Å². The Morgan fingerprint density at radius 2 is 2.17 bits per heavy atom. The summed E-state index contributed by atoms with van der Waals surface area (Å²) in [7, 11) is 0. The van der Waals surface area contributed by atoms with Gasteiger partial charge < -0.3 is 20.1 Å². The van der Waals surface area contributed by atoms with Crippen molar-refractivity contribution < 1.29 is 24.9 Å². The number of ether oxygens (including phenoxy) is 1. The fourth-order valence-electron chi connectivity index (χ4n) is 1.14. The maximum Gasteiger partial charge on any atom is 0.160 e. The highest BCUT2D eigenvalue weighted by Gasteiger charge is 2.40. The molecule has 0 aliphatic carbocycles. The fraction of sp³-hybridized carbons (Fsp3) is 0.857. The lowest BCUT2D eigenvalue weighted by Crippen LogP contribution is -2.41. The number of carbonyl (C=O) groups excluding carboxylic acids is 1. The van der Waals surface area contributed by atoms with Crippen LogP contribution < -0.4 is 0 Å². The molecule has 0 saturated carbocycles. The molecule has 4 atom stereocenters.